The minimum Gasteiger partial charge on any atom is -0.486 e. The highest BCUT2D eigenvalue weighted by atomic mass is 35.5. The van der Waals surface area contributed by atoms with E-state index in [0.29, 0.717) is 9.59 Å². The van der Waals surface area contributed by atoms with Crippen LogP contribution in [-0.4, -0.2) is 22.6 Å². The fourth-order valence-electron chi connectivity index (χ4n) is 3.27. The molecule has 0 amide bonds. The van der Waals surface area contributed by atoms with Gasteiger partial charge in [-0.15, -0.1) is 11.3 Å². The zero-order valence-corrected chi connectivity index (χ0v) is 18.4. The molecule has 0 radical (unpaired) electrons. The summed E-state index contributed by atoms with van der Waals surface area (Å²) in [6, 6.07) is 10.8. The third-order valence-electron chi connectivity index (χ3n) is 4.81. The molecule has 0 saturated heterocycles. The lowest BCUT2D eigenvalue weighted by Crippen LogP contribution is -2.34. The topological polar surface area (TPSA) is 90.4 Å². The molecule has 10 heteroatoms. The molecule has 1 unspecified atom stereocenters. The number of benzene rings is 2. The van der Waals surface area contributed by atoms with Crippen LogP contribution in [0.2, 0.25) is 5.02 Å². The zero-order valence-electron chi connectivity index (χ0n) is 16.8. The number of fused-ring (bicyclic) bond motifs is 1. The molecule has 0 aliphatic heterocycles. The van der Waals surface area contributed by atoms with Crippen LogP contribution in [0, 0.1) is 5.82 Å². The van der Waals surface area contributed by atoms with E-state index in [1.54, 1.807) is 25.1 Å². The van der Waals surface area contributed by atoms with Crippen LogP contribution in [0.1, 0.15) is 28.3 Å². The first kappa shape index (κ1) is 21.8. The van der Waals surface area contributed by atoms with Gasteiger partial charge in [0.05, 0.1) is 23.7 Å². The number of H-pyrrole nitrogens is 1. The number of carbonyl (C=O) groups is 1. The van der Waals surface area contributed by atoms with Gasteiger partial charge in [0.15, 0.2) is 0 Å². The molecule has 2 aromatic carbocycles. The molecule has 0 fully saturated rings. The second-order valence-corrected chi connectivity index (χ2v) is 8.16. The van der Waals surface area contributed by atoms with E-state index in [2.05, 4.69) is 4.98 Å². The minimum absolute atomic E-state index is 0.0138. The number of methoxy groups -OCH3 is 1. The van der Waals surface area contributed by atoms with Crippen molar-refractivity contribution in [1.29, 1.82) is 0 Å². The monoisotopic (exact) mass is 474 g/mol. The Morgan fingerprint density at radius 2 is 2.00 bits per heavy atom. The molecule has 4 aromatic rings. The molecule has 1 atom stereocenters. The van der Waals surface area contributed by atoms with Gasteiger partial charge >= 0.3 is 11.7 Å². The number of hydrogen-bond acceptors (Lipinski definition) is 6. The predicted molar refractivity (Wildman–Crippen MR) is 120 cm³/mol. The van der Waals surface area contributed by atoms with Crippen molar-refractivity contribution >= 4 is 39.8 Å². The Hall–Kier alpha value is -3.43. The molecule has 0 saturated carbocycles. The number of thiophene rings is 1. The highest BCUT2D eigenvalue weighted by Crippen LogP contribution is 2.27. The van der Waals surface area contributed by atoms with Crippen molar-refractivity contribution < 1.29 is 18.7 Å². The van der Waals surface area contributed by atoms with Crippen molar-refractivity contribution in [2.24, 2.45) is 0 Å². The van der Waals surface area contributed by atoms with Crippen LogP contribution in [-0.2, 0) is 4.74 Å². The third-order valence-corrected chi connectivity index (χ3v) is 6.01. The van der Waals surface area contributed by atoms with Crippen LogP contribution in [0.5, 0.6) is 5.75 Å². The lowest BCUT2D eigenvalue weighted by atomic mass is 10.1. The summed E-state index contributed by atoms with van der Waals surface area (Å²) >= 11 is 6.97. The molecule has 32 heavy (non-hydrogen) atoms. The number of halogens is 2. The van der Waals surface area contributed by atoms with Gasteiger partial charge in [-0.2, -0.15) is 0 Å². The molecular weight excluding hydrogens is 459 g/mol. The number of esters is 1. The van der Waals surface area contributed by atoms with Gasteiger partial charge in [0, 0.05) is 16.5 Å². The lowest BCUT2D eigenvalue weighted by molar-refractivity contribution is 0.0608. The maximum absolute atomic E-state index is 14.7. The van der Waals surface area contributed by atoms with Gasteiger partial charge in [0.25, 0.3) is 5.56 Å². The molecule has 164 valence electrons. The zero-order chi connectivity index (χ0) is 23.0. The highest BCUT2D eigenvalue weighted by Gasteiger charge is 2.21. The Kier molecular flexibility index (Phi) is 5.86. The summed E-state index contributed by atoms with van der Waals surface area (Å²) in [6.07, 6.45) is -0.438. The molecule has 2 aromatic heterocycles. The Bertz CT molecular complexity index is 1460. The third kappa shape index (κ3) is 3.92. The molecule has 0 spiro atoms. The van der Waals surface area contributed by atoms with Crippen molar-refractivity contribution in [3.63, 3.8) is 0 Å². The molecule has 7 nitrogen and oxygen atoms in total. The van der Waals surface area contributed by atoms with Gasteiger partial charge in [-0.3, -0.25) is 4.79 Å². The van der Waals surface area contributed by atoms with Crippen molar-refractivity contribution in [3.05, 3.63) is 90.0 Å². The Morgan fingerprint density at radius 1 is 1.22 bits per heavy atom. The SMILES string of the molecule is COC(=O)c1scc2[nH]c(=O)n(-c3cc(OC(C)c4cccc(Cl)c4)ccc3F)c(=O)c12. The highest BCUT2D eigenvalue weighted by molar-refractivity contribution is 7.13. The summed E-state index contributed by atoms with van der Waals surface area (Å²) in [5, 5.41) is 1.94. The second-order valence-electron chi connectivity index (χ2n) is 6.84. The van der Waals surface area contributed by atoms with E-state index < -0.39 is 29.1 Å². The van der Waals surface area contributed by atoms with Crippen LogP contribution in [0.25, 0.3) is 16.6 Å². The molecular formula is C22H16ClFN2O5S. The normalized spacial score (nSPS) is 12.0. The standard InChI is InChI=1S/C22H16ClFN2O5S/c1-11(12-4-3-5-13(23)8-12)31-14-6-7-15(24)17(9-14)26-20(27)18-16(25-22(26)29)10-32-19(18)21(28)30-2/h3-11H,1-2H3,(H,25,29). The molecule has 4 rings (SSSR count). The van der Waals surface area contributed by atoms with Gasteiger partial charge in [0.2, 0.25) is 0 Å². The van der Waals surface area contributed by atoms with Gasteiger partial charge in [-0.05, 0) is 36.8 Å². The summed E-state index contributed by atoms with van der Waals surface area (Å²) in [7, 11) is 1.18. The van der Waals surface area contributed by atoms with Crippen molar-refractivity contribution in [2.75, 3.05) is 7.11 Å². The first-order valence-electron chi connectivity index (χ1n) is 9.37. The summed E-state index contributed by atoms with van der Waals surface area (Å²) in [5.41, 5.74) is -1.04. The van der Waals surface area contributed by atoms with Gasteiger partial charge in [-0.1, -0.05) is 23.7 Å². The maximum atomic E-state index is 14.7. The number of nitrogens with zero attached hydrogens (tertiary/aromatic N) is 1. The summed E-state index contributed by atoms with van der Waals surface area (Å²) in [4.78, 5) is 40.3. The quantitative estimate of drug-likeness (QED) is 0.431. The molecule has 0 bridgehead atoms. The maximum Gasteiger partial charge on any atom is 0.348 e. The number of nitrogens with one attached hydrogen (secondary N) is 1. The number of aromatic amines is 1. The summed E-state index contributed by atoms with van der Waals surface area (Å²) in [5.74, 6) is -1.30. The predicted octanol–water partition coefficient (Wildman–Crippen LogP) is 4.46. The van der Waals surface area contributed by atoms with E-state index in [1.165, 1.54) is 24.6 Å². The smallest absolute Gasteiger partial charge is 0.348 e. The molecule has 1 N–H and O–H groups in total. The minimum atomic E-state index is -0.851. The first-order chi connectivity index (χ1) is 15.3. The second kappa shape index (κ2) is 8.60. The lowest BCUT2D eigenvalue weighted by Gasteiger charge is -2.16. The Labute approximate surface area is 189 Å². The summed E-state index contributed by atoms with van der Waals surface area (Å²) < 4.78 is 25.9. The summed E-state index contributed by atoms with van der Waals surface area (Å²) in [6.45, 7) is 1.79. The number of hydrogen-bond donors (Lipinski definition) is 1. The van der Waals surface area contributed by atoms with E-state index in [9.17, 15) is 18.8 Å². The van der Waals surface area contributed by atoms with Crippen LogP contribution in [0.15, 0.2) is 57.4 Å². The van der Waals surface area contributed by atoms with Crippen molar-refractivity contribution in [3.8, 4) is 11.4 Å². The molecule has 0 aliphatic rings. The van der Waals surface area contributed by atoms with E-state index >= 15 is 0 Å². The average molecular weight is 475 g/mol. The van der Waals surface area contributed by atoms with Gasteiger partial charge in [-0.25, -0.2) is 18.5 Å². The fourth-order valence-corrected chi connectivity index (χ4v) is 4.37. The average Bonchev–Trinajstić information content (AvgIpc) is 3.19. The number of ether oxygens (including phenoxy) is 2. The largest absolute Gasteiger partial charge is 0.486 e. The van der Waals surface area contributed by atoms with Crippen LogP contribution in [0.4, 0.5) is 4.39 Å². The van der Waals surface area contributed by atoms with Crippen LogP contribution >= 0.6 is 22.9 Å². The fraction of sp³-hybridized carbons (Fsp3) is 0.136. The molecule has 0 aliphatic carbocycles. The van der Waals surface area contributed by atoms with Gasteiger partial charge in [0.1, 0.15) is 22.5 Å². The number of rotatable bonds is 5. The van der Waals surface area contributed by atoms with Crippen LogP contribution < -0.4 is 16.0 Å². The molecule has 2 heterocycles. The van der Waals surface area contributed by atoms with Crippen molar-refractivity contribution in [2.45, 2.75) is 13.0 Å². The first-order valence-corrected chi connectivity index (χ1v) is 10.6. The number of carbonyl (C=O) groups excluding carboxylic acids is 1. The Balaban J connectivity index is 1.81. The van der Waals surface area contributed by atoms with E-state index in [4.69, 9.17) is 21.1 Å². The van der Waals surface area contributed by atoms with E-state index in [0.717, 1.165) is 23.0 Å². The Morgan fingerprint density at radius 3 is 2.72 bits per heavy atom. The number of aromatic nitrogens is 2. The van der Waals surface area contributed by atoms with Gasteiger partial charge < -0.3 is 14.5 Å². The van der Waals surface area contributed by atoms with Crippen molar-refractivity contribution in [1.82, 2.24) is 9.55 Å². The van der Waals surface area contributed by atoms with E-state index in [-0.39, 0.29) is 27.2 Å². The van der Waals surface area contributed by atoms with Crippen LogP contribution in [0.3, 0.4) is 0 Å². The van der Waals surface area contributed by atoms with E-state index in [1.807, 2.05) is 6.07 Å².